The second-order valence-electron chi connectivity index (χ2n) is 2.66. The molecule has 0 unspecified atom stereocenters. The Hall–Kier alpha value is -1.69. The monoisotopic (exact) mass is 243 g/mol. The van der Waals surface area contributed by atoms with Crippen LogP contribution in [0.4, 0.5) is 4.79 Å². The van der Waals surface area contributed by atoms with Gasteiger partial charge in [0.05, 0.1) is 6.61 Å². The molecule has 1 aromatic rings. The first-order chi connectivity index (χ1) is 7.56. The van der Waals surface area contributed by atoms with Crippen molar-refractivity contribution < 1.29 is 17.9 Å². The zero-order chi connectivity index (χ0) is 12.4. The van der Waals surface area contributed by atoms with Crippen LogP contribution < -0.4 is 0 Å². The predicted octanol–water partition coefficient (Wildman–Crippen LogP) is 2.20. The lowest BCUT2D eigenvalue weighted by molar-refractivity contribution is 0.164. The zero-order valence-corrected chi connectivity index (χ0v) is 9.90. The molecule has 1 rings (SSSR count). The fraction of sp³-hybridized carbons (Fsp3) is 0.300. The summed E-state index contributed by atoms with van der Waals surface area (Å²) in [6.45, 7) is 3.76. The minimum atomic E-state index is -2.70. The van der Waals surface area contributed by atoms with Crippen molar-refractivity contribution in [2.45, 2.75) is 13.8 Å². The number of amides is 1. The van der Waals surface area contributed by atoms with Crippen molar-refractivity contribution in [3.63, 3.8) is 0 Å². The number of carbonyl (C=O) groups excluding carboxylic acids is 1. The van der Waals surface area contributed by atoms with E-state index in [-0.39, 0.29) is 6.61 Å². The number of aryl methyl sites for hydroxylation is 1. The molecule has 0 aliphatic carbocycles. The molecule has 0 fully saturated rings. The summed E-state index contributed by atoms with van der Waals surface area (Å²) in [7, 11) is -2.70. The van der Waals surface area contributed by atoms with E-state index in [1.165, 1.54) is 5.56 Å². The van der Waals surface area contributed by atoms with Crippen LogP contribution in [0, 0.1) is 6.92 Å². The highest BCUT2D eigenvalue weighted by Crippen LogP contribution is 1.92. The Morgan fingerprint density at radius 2 is 1.88 bits per heavy atom. The first kappa shape index (κ1) is 14.3. The number of hydrogen-bond acceptors (Lipinski definition) is 4. The Balaban J connectivity index is 0.000000288. The van der Waals surface area contributed by atoms with Crippen LogP contribution in [-0.4, -0.2) is 21.1 Å². The quantitative estimate of drug-likeness (QED) is 0.758. The van der Waals surface area contributed by atoms with Gasteiger partial charge in [-0.05, 0) is 13.8 Å². The highest BCUT2D eigenvalue weighted by Gasteiger charge is 1.94. The van der Waals surface area contributed by atoms with Gasteiger partial charge in [0.2, 0.25) is 0 Å². The van der Waals surface area contributed by atoms with Crippen molar-refractivity contribution in [3.05, 3.63) is 35.9 Å². The molecule has 0 N–H and O–H groups in total. The largest absolute Gasteiger partial charge is 0.448 e. The molecule has 0 spiro atoms. The van der Waals surface area contributed by atoms with Gasteiger partial charge in [0.1, 0.15) is 0 Å². The van der Waals surface area contributed by atoms with Crippen molar-refractivity contribution in [1.82, 2.24) is 0 Å². The Morgan fingerprint density at radius 3 is 2.19 bits per heavy atom. The molecular formula is C10H13NO4S. The molecule has 1 aromatic carbocycles. The Bertz CT molecular complexity index is 431. The van der Waals surface area contributed by atoms with E-state index in [0.717, 1.165) is 0 Å². The second-order valence-corrected chi connectivity index (χ2v) is 3.28. The smallest absolute Gasteiger partial charge is 0.448 e. The maximum atomic E-state index is 10.1. The fourth-order valence-corrected chi connectivity index (χ4v) is 0.919. The molecule has 6 heteroatoms. The van der Waals surface area contributed by atoms with Gasteiger partial charge in [-0.3, -0.25) is 0 Å². The summed E-state index contributed by atoms with van der Waals surface area (Å²) in [5, 5.41) is 0. The Labute approximate surface area is 95.8 Å². The molecule has 0 saturated carbocycles. The molecule has 0 saturated heterocycles. The summed E-state index contributed by atoms with van der Waals surface area (Å²) < 4.78 is 25.9. The second kappa shape index (κ2) is 8.60. The number of rotatable bonds is 1. The molecule has 1 amide bonds. The SMILES string of the molecule is CCOC(=O)N=S(=O)=O.Cc1ccccc1. The van der Waals surface area contributed by atoms with Crippen molar-refractivity contribution in [2.75, 3.05) is 6.61 Å². The van der Waals surface area contributed by atoms with Gasteiger partial charge >= 0.3 is 16.6 Å². The Morgan fingerprint density at radius 1 is 1.31 bits per heavy atom. The van der Waals surface area contributed by atoms with Crippen molar-refractivity contribution in [1.29, 1.82) is 0 Å². The van der Waals surface area contributed by atoms with Gasteiger partial charge in [-0.1, -0.05) is 40.3 Å². The topological polar surface area (TPSA) is 72.8 Å². The van der Waals surface area contributed by atoms with E-state index in [1.807, 2.05) is 18.2 Å². The van der Waals surface area contributed by atoms with Gasteiger partial charge < -0.3 is 4.74 Å². The van der Waals surface area contributed by atoms with E-state index in [2.05, 4.69) is 28.2 Å². The molecule has 0 aromatic heterocycles. The lowest BCUT2D eigenvalue weighted by atomic mass is 10.2. The summed E-state index contributed by atoms with van der Waals surface area (Å²) in [5.41, 5.74) is 1.32. The summed E-state index contributed by atoms with van der Waals surface area (Å²) in [4.78, 5) is 10.1. The van der Waals surface area contributed by atoms with Gasteiger partial charge in [0.25, 0.3) is 0 Å². The third-order valence-electron chi connectivity index (χ3n) is 1.36. The van der Waals surface area contributed by atoms with Crippen LogP contribution in [0.2, 0.25) is 0 Å². The average Bonchev–Trinajstić information content (AvgIpc) is 2.18. The third-order valence-corrected chi connectivity index (χ3v) is 1.66. The van der Waals surface area contributed by atoms with E-state index in [9.17, 15) is 13.2 Å². The lowest BCUT2D eigenvalue weighted by Gasteiger charge is -1.88. The number of carbonyl (C=O) groups is 1. The number of nitrogens with zero attached hydrogens (tertiary/aromatic N) is 1. The van der Waals surface area contributed by atoms with E-state index in [0.29, 0.717) is 0 Å². The van der Waals surface area contributed by atoms with Crippen LogP contribution in [0.15, 0.2) is 34.7 Å². The van der Waals surface area contributed by atoms with E-state index in [1.54, 1.807) is 6.92 Å². The van der Waals surface area contributed by atoms with Crippen LogP contribution in [0.1, 0.15) is 12.5 Å². The highest BCUT2D eigenvalue weighted by molar-refractivity contribution is 7.62. The maximum Gasteiger partial charge on any atom is 0.448 e. The van der Waals surface area contributed by atoms with Crippen LogP contribution in [0.25, 0.3) is 0 Å². The number of hydrogen-bond donors (Lipinski definition) is 0. The average molecular weight is 243 g/mol. The summed E-state index contributed by atoms with van der Waals surface area (Å²) in [6.07, 6.45) is -1.08. The molecular weight excluding hydrogens is 230 g/mol. The van der Waals surface area contributed by atoms with Gasteiger partial charge in [-0.25, -0.2) is 4.79 Å². The molecule has 0 atom stereocenters. The van der Waals surface area contributed by atoms with Gasteiger partial charge in [0, 0.05) is 0 Å². The molecule has 0 aliphatic rings. The van der Waals surface area contributed by atoms with Gasteiger partial charge in [-0.15, -0.1) is 0 Å². The summed E-state index contributed by atoms with van der Waals surface area (Å²) in [5.74, 6) is 0. The van der Waals surface area contributed by atoms with Crippen molar-refractivity contribution in [3.8, 4) is 0 Å². The fourth-order valence-electron chi connectivity index (χ4n) is 0.745. The molecule has 0 aliphatic heterocycles. The highest BCUT2D eigenvalue weighted by atomic mass is 32.2. The molecule has 88 valence electrons. The lowest BCUT2D eigenvalue weighted by Crippen LogP contribution is -1.95. The van der Waals surface area contributed by atoms with Gasteiger partial charge in [-0.2, -0.15) is 8.42 Å². The van der Waals surface area contributed by atoms with Crippen LogP contribution in [0.3, 0.4) is 0 Å². The van der Waals surface area contributed by atoms with Crippen LogP contribution in [-0.2, 0) is 15.2 Å². The Kier molecular flexibility index (Phi) is 7.70. The van der Waals surface area contributed by atoms with E-state index < -0.39 is 16.6 Å². The molecule has 0 radical (unpaired) electrons. The third kappa shape index (κ3) is 8.89. The minimum absolute atomic E-state index is 0.125. The van der Waals surface area contributed by atoms with Crippen LogP contribution >= 0.6 is 0 Å². The maximum absolute atomic E-state index is 10.1. The van der Waals surface area contributed by atoms with E-state index in [4.69, 9.17) is 0 Å². The predicted molar refractivity (Wildman–Crippen MR) is 59.5 cm³/mol. The minimum Gasteiger partial charge on any atom is -0.448 e. The summed E-state index contributed by atoms with van der Waals surface area (Å²) >= 11 is 0. The first-order valence-electron chi connectivity index (χ1n) is 4.55. The number of ether oxygens (including phenoxy) is 1. The normalized spacial score (nSPS) is 8.38. The summed E-state index contributed by atoms with van der Waals surface area (Å²) in [6, 6.07) is 10.3. The molecule has 0 heterocycles. The number of benzene rings is 1. The molecule has 5 nitrogen and oxygen atoms in total. The van der Waals surface area contributed by atoms with Crippen LogP contribution in [0.5, 0.6) is 0 Å². The standard InChI is InChI=1S/C7H8.C3H5NO4S/c1-7-5-3-2-4-6-7;1-2-8-3(5)4-9(6)7/h2-6H,1H3;2H2,1H3. The zero-order valence-electron chi connectivity index (χ0n) is 9.08. The van der Waals surface area contributed by atoms with E-state index >= 15 is 0 Å². The van der Waals surface area contributed by atoms with Crippen molar-refractivity contribution in [2.24, 2.45) is 4.36 Å². The molecule has 16 heavy (non-hydrogen) atoms. The first-order valence-corrected chi connectivity index (χ1v) is 5.59. The molecule has 0 bridgehead atoms. The van der Waals surface area contributed by atoms with Gasteiger partial charge in [0.15, 0.2) is 0 Å². The van der Waals surface area contributed by atoms with Crippen molar-refractivity contribution >= 4 is 16.6 Å².